The molecule has 0 aromatic rings. The molecule has 0 aromatic heterocycles. The van der Waals surface area contributed by atoms with Crippen LogP contribution in [0.3, 0.4) is 0 Å². The Morgan fingerprint density at radius 2 is 2.00 bits per heavy atom. The summed E-state index contributed by atoms with van der Waals surface area (Å²) < 4.78 is 11.9. The average Bonchev–Trinajstić information content (AvgIpc) is 2.67. The molecule has 0 N–H and O–H groups in total. The molecule has 18 heavy (non-hydrogen) atoms. The van der Waals surface area contributed by atoms with Crippen LogP contribution in [-0.2, 0) is 14.3 Å². The van der Waals surface area contributed by atoms with Crippen LogP contribution in [-0.4, -0.2) is 30.7 Å². The highest BCUT2D eigenvalue weighted by Crippen LogP contribution is 2.48. The molecule has 0 saturated carbocycles. The van der Waals surface area contributed by atoms with Crippen molar-refractivity contribution in [3.05, 3.63) is 12.2 Å². The van der Waals surface area contributed by atoms with Gasteiger partial charge in [0.2, 0.25) is 0 Å². The summed E-state index contributed by atoms with van der Waals surface area (Å²) in [5.41, 5.74) is -0.676. The van der Waals surface area contributed by atoms with E-state index in [-0.39, 0.29) is 35.2 Å². The molecular formula is C15H24O3. The summed E-state index contributed by atoms with van der Waals surface area (Å²) in [7, 11) is 1.70. The highest BCUT2D eigenvalue weighted by Gasteiger charge is 2.58. The maximum atomic E-state index is 12.4. The first kappa shape index (κ1) is 13.8. The zero-order valence-corrected chi connectivity index (χ0v) is 12.2. The topological polar surface area (TPSA) is 35.5 Å². The lowest BCUT2D eigenvalue weighted by atomic mass is 9.69. The second-order valence-electron chi connectivity index (χ2n) is 6.69. The van der Waals surface area contributed by atoms with Crippen molar-refractivity contribution < 1.29 is 14.3 Å². The summed E-state index contributed by atoms with van der Waals surface area (Å²) in [4.78, 5) is 12.4. The third-order valence-corrected chi connectivity index (χ3v) is 4.36. The van der Waals surface area contributed by atoms with E-state index in [0.717, 1.165) is 0 Å². The molecule has 0 radical (unpaired) electrons. The quantitative estimate of drug-likeness (QED) is 0.709. The third kappa shape index (κ3) is 1.76. The minimum Gasteiger partial charge on any atom is -0.378 e. The van der Waals surface area contributed by atoms with Crippen molar-refractivity contribution in [2.75, 3.05) is 7.11 Å². The molecule has 2 aliphatic rings. The molecule has 0 amide bonds. The van der Waals surface area contributed by atoms with Gasteiger partial charge in [-0.2, -0.15) is 0 Å². The van der Waals surface area contributed by atoms with E-state index in [1.807, 2.05) is 19.9 Å². The number of Topliss-reactive ketones (excluding diaryl/α,β-unsaturated/α-hetero) is 1. The number of hydrogen-bond acceptors (Lipinski definition) is 3. The van der Waals surface area contributed by atoms with E-state index in [0.29, 0.717) is 0 Å². The van der Waals surface area contributed by atoms with Crippen LogP contribution in [0.15, 0.2) is 12.2 Å². The Morgan fingerprint density at radius 1 is 1.39 bits per heavy atom. The zero-order valence-electron chi connectivity index (χ0n) is 12.2. The standard InChI is InChI=1S/C15H24O3/c1-9-11-7-8-15(18-11,10(2)12(9)16)13(17-6)14(3,4)5/h7-11,13H,1-6H3/t9-,10-,11+,13+,15+/m1/s1. The van der Waals surface area contributed by atoms with Gasteiger partial charge in [-0.25, -0.2) is 0 Å². The number of carbonyl (C=O) groups is 1. The fourth-order valence-electron chi connectivity index (χ4n) is 3.44. The first-order chi connectivity index (χ1) is 8.24. The second-order valence-corrected chi connectivity index (χ2v) is 6.69. The van der Waals surface area contributed by atoms with Gasteiger partial charge in [0.1, 0.15) is 11.4 Å². The van der Waals surface area contributed by atoms with E-state index in [1.54, 1.807) is 7.11 Å². The zero-order chi connectivity index (χ0) is 13.7. The fourth-order valence-corrected chi connectivity index (χ4v) is 3.44. The Hall–Kier alpha value is -0.670. The first-order valence-corrected chi connectivity index (χ1v) is 6.67. The summed E-state index contributed by atoms with van der Waals surface area (Å²) in [5, 5.41) is 0. The van der Waals surface area contributed by atoms with Crippen LogP contribution in [0.4, 0.5) is 0 Å². The van der Waals surface area contributed by atoms with E-state index in [2.05, 4.69) is 26.8 Å². The van der Waals surface area contributed by atoms with Crippen LogP contribution in [0.5, 0.6) is 0 Å². The van der Waals surface area contributed by atoms with Crippen molar-refractivity contribution in [1.82, 2.24) is 0 Å². The van der Waals surface area contributed by atoms with E-state index in [4.69, 9.17) is 9.47 Å². The molecule has 102 valence electrons. The maximum Gasteiger partial charge on any atom is 0.144 e. The predicted octanol–water partition coefficient (Wildman–Crippen LogP) is 2.60. The number of rotatable bonds is 2. The van der Waals surface area contributed by atoms with Gasteiger partial charge in [0.15, 0.2) is 0 Å². The molecule has 2 bridgehead atoms. The molecule has 0 aromatic carbocycles. The van der Waals surface area contributed by atoms with Crippen molar-refractivity contribution in [3.8, 4) is 0 Å². The number of ether oxygens (including phenoxy) is 2. The van der Waals surface area contributed by atoms with Gasteiger partial charge in [-0.3, -0.25) is 4.79 Å². The molecule has 5 atom stereocenters. The molecule has 0 aliphatic carbocycles. The summed E-state index contributed by atoms with van der Waals surface area (Å²) in [6, 6.07) is 0. The lowest BCUT2D eigenvalue weighted by Crippen LogP contribution is -2.60. The molecule has 2 aliphatic heterocycles. The van der Waals surface area contributed by atoms with Crippen molar-refractivity contribution in [2.45, 2.75) is 52.4 Å². The number of fused-ring (bicyclic) bond motifs is 2. The maximum absolute atomic E-state index is 12.4. The van der Waals surface area contributed by atoms with E-state index in [1.165, 1.54) is 0 Å². The lowest BCUT2D eigenvalue weighted by Gasteiger charge is -2.49. The predicted molar refractivity (Wildman–Crippen MR) is 70.3 cm³/mol. The van der Waals surface area contributed by atoms with Gasteiger partial charge < -0.3 is 9.47 Å². The highest BCUT2D eigenvalue weighted by atomic mass is 16.6. The van der Waals surface area contributed by atoms with Crippen molar-refractivity contribution in [3.63, 3.8) is 0 Å². The molecule has 0 spiro atoms. The Kier molecular flexibility index (Phi) is 3.19. The second kappa shape index (κ2) is 4.17. The minimum atomic E-state index is -0.596. The molecule has 2 rings (SSSR count). The molecule has 3 nitrogen and oxygen atoms in total. The van der Waals surface area contributed by atoms with Crippen molar-refractivity contribution in [1.29, 1.82) is 0 Å². The van der Waals surface area contributed by atoms with Crippen LogP contribution < -0.4 is 0 Å². The average molecular weight is 252 g/mol. The van der Waals surface area contributed by atoms with Crippen LogP contribution in [0.2, 0.25) is 0 Å². The minimum absolute atomic E-state index is 0.0515. The van der Waals surface area contributed by atoms with Gasteiger partial charge in [0.05, 0.1) is 18.1 Å². The Balaban J connectivity index is 2.42. The first-order valence-electron chi connectivity index (χ1n) is 6.67. The third-order valence-electron chi connectivity index (χ3n) is 4.36. The SMILES string of the molecule is CO[C@@H](C(C)(C)C)[C@@]12C=C[C@H](O1)[C@@H](C)C(=O)[C@H]2C. The van der Waals surface area contributed by atoms with Gasteiger partial charge in [-0.1, -0.05) is 46.8 Å². The molecule has 3 heteroatoms. The van der Waals surface area contributed by atoms with Crippen LogP contribution in [0.25, 0.3) is 0 Å². The lowest BCUT2D eigenvalue weighted by molar-refractivity contribution is -0.201. The summed E-state index contributed by atoms with van der Waals surface area (Å²) >= 11 is 0. The normalized spacial score (nSPS) is 41.2. The molecule has 1 saturated heterocycles. The monoisotopic (exact) mass is 252 g/mol. The van der Waals surface area contributed by atoms with E-state index < -0.39 is 5.60 Å². The fraction of sp³-hybridized carbons (Fsp3) is 0.800. The number of carbonyl (C=O) groups excluding carboxylic acids is 1. The van der Waals surface area contributed by atoms with Gasteiger partial charge in [0, 0.05) is 13.0 Å². The Morgan fingerprint density at radius 3 is 2.50 bits per heavy atom. The molecule has 1 fully saturated rings. The van der Waals surface area contributed by atoms with Gasteiger partial charge in [-0.15, -0.1) is 0 Å². The largest absolute Gasteiger partial charge is 0.378 e. The van der Waals surface area contributed by atoms with E-state index in [9.17, 15) is 4.79 Å². The Bertz CT molecular complexity index is 380. The molecule has 2 heterocycles. The Labute approximate surface area is 110 Å². The van der Waals surface area contributed by atoms with Gasteiger partial charge >= 0.3 is 0 Å². The number of ketones is 1. The van der Waals surface area contributed by atoms with Crippen LogP contribution in [0.1, 0.15) is 34.6 Å². The summed E-state index contributed by atoms with van der Waals surface area (Å²) in [6.45, 7) is 10.3. The van der Waals surface area contributed by atoms with Crippen molar-refractivity contribution >= 4 is 5.78 Å². The van der Waals surface area contributed by atoms with Crippen LogP contribution in [0, 0.1) is 17.3 Å². The van der Waals surface area contributed by atoms with Gasteiger partial charge in [0.25, 0.3) is 0 Å². The summed E-state index contributed by atoms with van der Waals surface area (Å²) in [5.74, 6) is 0.0681. The number of hydrogen-bond donors (Lipinski definition) is 0. The number of methoxy groups -OCH3 is 1. The smallest absolute Gasteiger partial charge is 0.144 e. The highest BCUT2D eigenvalue weighted by molar-refractivity contribution is 5.87. The molecular weight excluding hydrogens is 228 g/mol. The van der Waals surface area contributed by atoms with Crippen molar-refractivity contribution in [2.24, 2.45) is 17.3 Å². The van der Waals surface area contributed by atoms with Gasteiger partial charge in [-0.05, 0) is 5.41 Å². The van der Waals surface area contributed by atoms with E-state index >= 15 is 0 Å². The molecule has 0 unspecified atom stereocenters. The summed E-state index contributed by atoms with van der Waals surface area (Å²) in [6.07, 6.45) is 3.87. The van der Waals surface area contributed by atoms with Crippen LogP contribution >= 0.6 is 0 Å².